The highest BCUT2D eigenvalue weighted by atomic mass is 15.2. The van der Waals surface area contributed by atoms with Gasteiger partial charge in [0.25, 0.3) is 0 Å². The Kier molecular flexibility index (Phi) is 4.93. The molecule has 2 N–H and O–H groups in total. The second-order valence-electron chi connectivity index (χ2n) is 5.90. The van der Waals surface area contributed by atoms with Crippen LogP contribution in [0.5, 0.6) is 0 Å². The fourth-order valence-corrected chi connectivity index (χ4v) is 2.63. The van der Waals surface area contributed by atoms with E-state index < -0.39 is 5.54 Å². The summed E-state index contributed by atoms with van der Waals surface area (Å²) in [5.74, 6) is 0.727. The average Bonchev–Trinajstić information content (AvgIpc) is 2.59. The summed E-state index contributed by atoms with van der Waals surface area (Å²) < 4.78 is 0. The lowest BCUT2D eigenvalue weighted by Gasteiger charge is -2.23. The van der Waals surface area contributed by atoms with Crippen molar-refractivity contribution >= 4 is 0 Å². The number of hydrogen-bond donors (Lipinski definition) is 1. The van der Waals surface area contributed by atoms with Crippen LogP contribution in [0, 0.1) is 17.2 Å². The van der Waals surface area contributed by atoms with Crippen LogP contribution in [0.25, 0.3) is 0 Å². The molecule has 0 bridgehead atoms. The Balaban J connectivity index is 2.29. The maximum atomic E-state index is 8.85. The molecule has 1 aliphatic rings. The summed E-state index contributed by atoms with van der Waals surface area (Å²) in [6, 6.07) is 2.82. The zero-order valence-electron chi connectivity index (χ0n) is 11.6. The second kappa shape index (κ2) is 5.81. The van der Waals surface area contributed by atoms with Crippen LogP contribution >= 0.6 is 0 Å². The first-order valence-corrected chi connectivity index (χ1v) is 6.44. The highest BCUT2D eigenvalue weighted by molar-refractivity contribution is 5.00. The summed E-state index contributed by atoms with van der Waals surface area (Å²) >= 11 is 0. The highest BCUT2D eigenvalue weighted by Crippen LogP contribution is 2.20. The van der Waals surface area contributed by atoms with Crippen molar-refractivity contribution in [3.05, 3.63) is 0 Å². The molecule has 98 valence electrons. The fourth-order valence-electron chi connectivity index (χ4n) is 2.63. The molecule has 17 heavy (non-hydrogen) atoms. The predicted molar refractivity (Wildman–Crippen MR) is 70.5 cm³/mol. The van der Waals surface area contributed by atoms with Crippen molar-refractivity contribution in [2.45, 2.75) is 38.3 Å². The van der Waals surface area contributed by atoms with E-state index in [1.807, 2.05) is 6.92 Å². The van der Waals surface area contributed by atoms with Gasteiger partial charge in [0.15, 0.2) is 0 Å². The first kappa shape index (κ1) is 14.4. The molecule has 4 heteroatoms. The monoisotopic (exact) mass is 238 g/mol. The number of nitriles is 1. The molecule has 0 aromatic rings. The number of likely N-dealkylation sites (tertiary alicyclic amines) is 1. The molecule has 0 amide bonds. The zero-order valence-corrected chi connectivity index (χ0v) is 11.6. The minimum absolute atomic E-state index is 0.660. The predicted octanol–water partition coefficient (Wildman–Crippen LogP) is 0.889. The van der Waals surface area contributed by atoms with Crippen LogP contribution in [0.15, 0.2) is 0 Å². The summed E-state index contributed by atoms with van der Waals surface area (Å²) in [5.41, 5.74) is 5.16. The molecule has 0 aliphatic carbocycles. The van der Waals surface area contributed by atoms with E-state index in [4.69, 9.17) is 11.0 Å². The quantitative estimate of drug-likeness (QED) is 0.773. The molecule has 0 aromatic heterocycles. The SMILES string of the molecule is CC1CN(CCCC(C)(N)C#N)CC1N(C)C. The van der Waals surface area contributed by atoms with Crippen LogP contribution in [-0.2, 0) is 0 Å². The summed E-state index contributed by atoms with van der Waals surface area (Å²) in [4.78, 5) is 4.80. The van der Waals surface area contributed by atoms with Gasteiger partial charge in [0.1, 0.15) is 5.54 Å². The summed E-state index contributed by atoms with van der Waals surface area (Å²) in [5, 5.41) is 8.85. The van der Waals surface area contributed by atoms with Crippen molar-refractivity contribution in [2.24, 2.45) is 11.7 Å². The van der Waals surface area contributed by atoms with Gasteiger partial charge in [-0.3, -0.25) is 0 Å². The van der Waals surface area contributed by atoms with Gasteiger partial charge in [-0.1, -0.05) is 6.92 Å². The smallest absolute Gasteiger partial charge is 0.101 e. The van der Waals surface area contributed by atoms with Gasteiger partial charge < -0.3 is 15.5 Å². The third kappa shape index (κ3) is 4.27. The molecule has 0 radical (unpaired) electrons. The number of hydrogen-bond acceptors (Lipinski definition) is 4. The maximum Gasteiger partial charge on any atom is 0.101 e. The summed E-state index contributed by atoms with van der Waals surface area (Å²) in [7, 11) is 4.30. The minimum Gasteiger partial charge on any atom is -0.314 e. The van der Waals surface area contributed by atoms with Gasteiger partial charge in [0.05, 0.1) is 6.07 Å². The van der Waals surface area contributed by atoms with E-state index in [-0.39, 0.29) is 0 Å². The third-order valence-electron chi connectivity index (χ3n) is 3.74. The number of likely N-dealkylation sites (N-methyl/N-ethyl adjacent to an activating group) is 1. The van der Waals surface area contributed by atoms with Crippen LogP contribution in [0.1, 0.15) is 26.7 Å². The summed E-state index contributed by atoms with van der Waals surface area (Å²) in [6.07, 6.45) is 1.79. The Morgan fingerprint density at radius 1 is 1.47 bits per heavy atom. The molecule has 1 aliphatic heterocycles. The lowest BCUT2D eigenvalue weighted by Crippen LogP contribution is -2.36. The van der Waals surface area contributed by atoms with Crippen molar-refractivity contribution in [2.75, 3.05) is 33.7 Å². The van der Waals surface area contributed by atoms with Gasteiger partial charge >= 0.3 is 0 Å². The van der Waals surface area contributed by atoms with Crippen molar-refractivity contribution in [1.29, 1.82) is 5.26 Å². The van der Waals surface area contributed by atoms with Crippen molar-refractivity contribution in [3.63, 3.8) is 0 Å². The van der Waals surface area contributed by atoms with E-state index in [2.05, 4.69) is 36.9 Å². The molecule has 3 unspecified atom stereocenters. The van der Waals surface area contributed by atoms with Gasteiger partial charge in [-0.15, -0.1) is 0 Å². The van der Waals surface area contributed by atoms with Gasteiger partial charge in [-0.2, -0.15) is 5.26 Å². The Morgan fingerprint density at radius 3 is 2.59 bits per heavy atom. The van der Waals surface area contributed by atoms with Crippen LogP contribution in [0.2, 0.25) is 0 Å². The van der Waals surface area contributed by atoms with Gasteiger partial charge in [0, 0.05) is 19.1 Å². The van der Waals surface area contributed by atoms with E-state index in [1.165, 1.54) is 0 Å². The number of nitrogens with zero attached hydrogens (tertiary/aromatic N) is 3. The molecule has 0 spiro atoms. The maximum absolute atomic E-state index is 8.85. The molecular formula is C13H26N4. The Morgan fingerprint density at radius 2 is 2.12 bits per heavy atom. The molecule has 1 fully saturated rings. The molecule has 0 saturated carbocycles. The third-order valence-corrected chi connectivity index (χ3v) is 3.74. The first-order chi connectivity index (χ1) is 7.85. The van der Waals surface area contributed by atoms with Crippen LogP contribution in [0.4, 0.5) is 0 Å². The zero-order chi connectivity index (χ0) is 13.1. The van der Waals surface area contributed by atoms with Crippen molar-refractivity contribution < 1.29 is 0 Å². The van der Waals surface area contributed by atoms with Crippen molar-refractivity contribution in [3.8, 4) is 6.07 Å². The normalized spacial score (nSPS) is 29.2. The fraction of sp³-hybridized carbons (Fsp3) is 0.923. The molecular weight excluding hydrogens is 212 g/mol. The summed E-state index contributed by atoms with van der Waals surface area (Å²) in [6.45, 7) is 7.48. The molecule has 1 rings (SSSR count). The topological polar surface area (TPSA) is 56.3 Å². The van der Waals surface area contributed by atoms with Gasteiger partial charge in [-0.05, 0) is 46.3 Å². The molecule has 1 saturated heterocycles. The van der Waals surface area contributed by atoms with Gasteiger partial charge in [0.2, 0.25) is 0 Å². The first-order valence-electron chi connectivity index (χ1n) is 6.44. The minimum atomic E-state index is -0.660. The Bertz CT molecular complexity index is 280. The van der Waals surface area contributed by atoms with Crippen LogP contribution in [-0.4, -0.2) is 55.1 Å². The highest BCUT2D eigenvalue weighted by Gasteiger charge is 2.30. The number of nitrogens with two attached hydrogens (primary N) is 1. The lowest BCUT2D eigenvalue weighted by atomic mass is 9.99. The molecule has 0 aromatic carbocycles. The second-order valence-corrected chi connectivity index (χ2v) is 5.90. The standard InChI is InChI=1S/C13H26N4/c1-11-8-17(9-12(11)16(3)4)7-5-6-13(2,15)10-14/h11-12H,5-9,15H2,1-4H3. The largest absolute Gasteiger partial charge is 0.314 e. The molecule has 1 heterocycles. The Hall–Kier alpha value is -0.630. The van der Waals surface area contributed by atoms with Crippen LogP contribution < -0.4 is 5.73 Å². The molecule has 3 atom stereocenters. The van der Waals surface area contributed by atoms with E-state index >= 15 is 0 Å². The average molecular weight is 238 g/mol. The Labute approximate surface area is 105 Å². The van der Waals surface area contributed by atoms with Gasteiger partial charge in [-0.25, -0.2) is 0 Å². The van der Waals surface area contributed by atoms with Crippen LogP contribution in [0.3, 0.4) is 0 Å². The van der Waals surface area contributed by atoms with E-state index in [0.29, 0.717) is 6.04 Å². The van der Waals surface area contributed by atoms with E-state index in [9.17, 15) is 0 Å². The van der Waals surface area contributed by atoms with E-state index in [0.717, 1.165) is 38.4 Å². The molecule has 4 nitrogen and oxygen atoms in total. The van der Waals surface area contributed by atoms with Crippen molar-refractivity contribution in [1.82, 2.24) is 9.80 Å². The number of rotatable bonds is 5. The van der Waals surface area contributed by atoms with E-state index in [1.54, 1.807) is 0 Å². The lowest BCUT2D eigenvalue weighted by molar-refractivity contribution is 0.250.